The van der Waals surface area contributed by atoms with Gasteiger partial charge in [0.25, 0.3) is 0 Å². The Bertz CT molecular complexity index is 788. The van der Waals surface area contributed by atoms with E-state index in [2.05, 4.69) is 15.4 Å². The summed E-state index contributed by atoms with van der Waals surface area (Å²) in [5.74, 6) is 0. The minimum atomic E-state index is -5.01. The average molecular weight is 473 g/mol. The number of hydrogen-bond acceptors (Lipinski definition) is 2. The number of halogens is 6. The molecule has 0 radical (unpaired) electrons. The Kier molecular flexibility index (Phi) is 7.68. The molecule has 0 saturated heterocycles. The number of alkyl halides is 6. The van der Waals surface area contributed by atoms with Crippen LogP contribution in [-0.4, -0.2) is 27.1 Å². The van der Waals surface area contributed by atoms with Crippen LogP contribution in [-0.2, 0) is 23.3 Å². The fourth-order valence-corrected chi connectivity index (χ4v) is 4.03. The van der Waals surface area contributed by atoms with Gasteiger partial charge in [0, 0.05) is 17.8 Å². The van der Waals surface area contributed by atoms with Crippen molar-refractivity contribution in [2.24, 2.45) is 0 Å². The first kappa shape index (κ1) is 25.4. The Morgan fingerprint density at radius 2 is 1.39 bits per heavy atom. The van der Waals surface area contributed by atoms with Crippen LogP contribution in [0.5, 0.6) is 0 Å². The molecule has 0 spiro atoms. The fraction of sp³-hybridized carbons (Fsp3) is 0.632. The zero-order valence-electron chi connectivity index (χ0n) is 17.2. The van der Waals surface area contributed by atoms with Gasteiger partial charge in [-0.3, -0.25) is 0 Å². The third-order valence-corrected chi connectivity index (χ3v) is 6.37. The molecule has 5 nitrogen and oxygen atoms in total. The third kappa shape index (κ3) is 7.37. The second-order valence-electron chi connectivity index (χ2n) is 8.39. The summed E-state index contributed by atoms with van der Waals surface area (Å²) in [6.45, 7) is 5.33. The van der Waals surface area contributed by atoms with Gasteiger partial charge in [-0.05, 0) is 51.8 Å². The summed E-state index contributed by atoms with van der Waals surface area (Å²) in [5, 5.41) is 4.65. The van der Waals surface area contributed by atoms with Crippen molar-refractivity contribution in [3.8, 4) is 0 Å². The maximum atomic E-state index is 13.0. The van der Waals surface area contributed by atoms with Crippen LogP contribution in [0.3, 0.4) is 0 Å². The molecule has 1 aliphatic carbocycles. The molecule has 1 fully saturated rings. The second-order valence-corrected chi connectivity index (χ2v) is 10.4. The second kappa shape index (κ2) is 9.35. The van der Waals surface area contributed by atoms with Crippen LogP contribution in [0.1, 0.15) is 57.6 Å². The van der Waals surface area contributed by atoms with Crippen molar-refractivity contribution in [3.05, 3.63) is 29.3 Å². The zero-order valence-corrected chi connectivity index (χ0v) is 18.0. The van der Waals surface area contributed by atoms with Crippen molar-refractivity contribution in [3.63, 3.8) is 0 Å². The predicted octanol–water partition coefficient (Wildman–Crippen LogP) is 5.21. The van der Waals surface area contributed by atoms with E-state index in [4.69, 9.17) is 0 Å². The highest BCUT2D eigenvalue weighted by atomic mass is 32.2. The van der Waals surface area contributed by atoms with E-state index < -0.39 is 57.0 Å². The molecule has 1 aliphatic rings. The number of carbonyl (C=O) groups excluding carboxylic acids is 1. The Morgan fingerprint density at radius 3 is 1.84 bits per heavy atom. The van der Waals surface area contributed by atoms with Crippen LogP contribution < -0.4 is 15.4 Å². The molecule has 1 aromatic carbocycles. The van der Waals surface area contributed by atoms with Crippen LogP contribution in [0.2, 0.25) is 0 Å². The summed E-state index contributed by atoms with van der Waals surface area (Å²) < 4.78 is 92.7. The van der Waals surface area contributed by atoms with Crippen molar-refractivity contribution in [2.45, 2.75) is 75.6 Å². The molecule has 0 unspecified atom stereocenters. The summed E-state index contributed by atoms with van der Waals surface area (Å²) in [6, 6.07) is -0.876. The third-order valence-electron chi connectivity index (χ3n) is 4.74. The van der Waals surface area contributed by atoms with E-state index in [9.17, 15) is 35.3 Å². The van der Waals surface area contributed by atoms with Gasteiger partial charge in [0.05, 0.1) is 26.9 Å². The lowest BCUT2D eigenvalue weighted by Crippen LogP contribution is -2.54. The quantitative estimate of drug-likeness (QED) is 0.526. The summed E-state index contributed by atoms with van der Waals surface area (Å²) in [4.78, 5) is 12.3. The first-order chi connectivity index (χ1) is 14.1. The number of urea groups is 1. The van der Waals surface area contributed by atoms with Crippen LogP contribution in [0.4, 0.5) is 36.8 Å². The van der Waals surface area contributed by atoms with Gasteiger partial charge < -0.3 is 10.6 Å². The van der Waals surface area contributed by atoms with Crippen LogP contribution >= 0.6 is 0 Å². The highest BCUT2D eigenvalue weighted by Crippen LogP contribution is 2.37. The lowest BCUT2D eigenvalue weighted by molar-refractivity contribution is -0.143. The topological polar surface area (TPSA) is 70.2 Å². The number of rotatable bonds is 4. The summed E-state index contributed by atoms with van der Waals surface area (Å²) >= 11 is 0. The molecule has 3 atom stereocenters. The van der Waals surface area contributed by atoms with Crippen molar-refractivity contribution in [1.29, 1.82) is 0 Å². The van der Waals surface area contributed by atoms with E-state index >= 15 is 0 Å². The molecule has 2 amide bonds. The summed E-state index contributed by atoms with van der Waals surface area (Å²) in [5.41, 5.74) is -3.66. The number of anilines is 1. The molecule has 12 heteroatoms. The molecule has 2 rings (SSSR count). The molecule has 0 aliphatic heterocycles. The van der Waals surface area contributed by atoms with Crippen LogP contribution in [0.15, 0.2) is 18.2 Å². The van der Waals surface area contributed by atoms with Crippen molar-refractivity contribution in [1.82, 2.24) is 10.0 Å². The lowest BCUT2D eigenvalue weighted by atomic mass is 9.91. The van der Waals surface area contributed by atoms with Gasteiger partial charge in [-0.2, -0.15) is 26.3 Å². The maximum Gasteiger partial charge on any atom is 0.416 e. The molecule has 0 bridgehead atoms. The SMILES string of the molecule is CC(C)(C)[S@](=O)N[C@@H]1CCCC[C@H]1NC(=O)Nc1cc(C(F)(F)F)cc(C(F)(F)F)c1. The highest BCUT2D eigenvalue weighted by Gasteiger charge is 2.37. The number of carbonyl (C=O) groups is 1. The van der Waals surface area contributed by atoms with Gasteiger partial charge >= 0.3 is 18.4 Å². The van der Waals surface area contributed by atoms with E-state index in [1.165, 1.54) is 0 Å². The van der Waals surface area contributed by atoms with Crippen molar-refractivity contribution in [2.75, 3.05) is 5.32 Å². The lowest BCUT2D eigenvalue weighted by Gasteiger charge is -2.34. The van der Waals surface area contributed by atoms with Crippen molar-refractivity contribution >= 4 is 22.7 Å². The van der Waals surface area contributed by atoms with Gasteiger partial charge in [0.15, 0.2) is 0 Å². The number of amides is 2. The van der Waals surface area contributed by atoms with Gasteiger partial charge in [0.1, 0.15) is 0 Å². The van der Waals surface area contributed by atoms with Crippen LogP contribution in [0, 0.1) is 0 Å². The minimum Gasteiger partial charge on any atom is -0.334 e. The molecular formula is C19H25F6N3O2S. The molecular weight excluding hydrogens is 448 g/mol. The van der Waals surface area contributed by atoms with E-state index in [-0.39, 0.29) is 12.1 Å². The van der Waals surface area contributed by atoms with E-state index in [0.717, 1.165) is 12.8 Å². The van der Waals surface area contributed by atoms with Crippen molar-refractivity contribution < 1.29 is 35.3 Å². The van der Waals surface area contributed by atoms with E-state index in [1.807, 2.05) is 0 Å². The van der Waals surface area contributed by atoms with E-state index in [0.29, 0.717) is 25.0 Å². The predicted molar refractivity (Wildman–Crippen MR) is 106 cm³/mol. The molecule has 1 aromatic rings. The van der Waals surface area contributed by atoms with Gasteiger partial charge in [0.2, 0.25) is 0 Å². The van der Waals surface area contributed by atoms with Gasteiger partial charge in [-0.1, -0.05) is 12.8 Å². The largest absolute Gasteiger partial charge is 0.416 e. The summed E-state index contributed by atoms with van der Waals surface area (Å²) in [7, 11) is -1.41. The molecule has 0 heterocycles. The Balaban J connectivity index is 2.16. The average Bonchev–Trinajstić information content (AvgIpc) is 2.60. The molecule has 3 N–H and O–H groups in total. The molecule has 0 aromatic heterocycles. The molecule has 31 heavy (non-hydrogen) atoms. The van der Waals surface area contributed by atoms with Crippen LogP contribution in [0.25, 0.3) is 0 Å². The Labute approximate surface area is 178 Å². The fourth-order valence-electron chi connectivity index (χ4n) is 3.12. The number of hydrogen-bond donors (Lipinski definition) is 3. The monoisotopic (exact) mass is 473 g/mol. The van der Waals surface area contributed by atoms with E-state index in [1.54, 1.807) is 20.8 Å². The van der Waals surface area contributed by atoms with Gasteiger partial charge in [-0.15, -0.1) is 0 Å². The maximum absolute atomic E-state index is 13.0. The smallest absolute Gasteiger partial charge is 0.334 e. The molecule has 1 saturated carbocycles. The minimum absolute atomic E-state index is 0.00795. The first-order valence-electron chi connectivity index (χ1n) is 9.62. The normalized spacial score (nSPS) is 21.5. The zero-order chi connectivity index (χ0) is 23.6. The number of benzene rings is 1. The Morgan fingerprint density at radius 1 is 0.903 bits per heavy atom. The highest BCUT2D eigenvalue weighted by molar-refractivity contribution is 7.84. The Hall–Kier alpha value is -1.82. The number of nitrogens with one attached hydrogen (secondary N) is 3. The van der Waals surface area contributed by atoms with Gasteiger partial charge in [-0.25, -0.2) is 13.7 Å². The standard InChI is InChI=1S/C19H25F6N3O2S/c1-17(2,3)31(30)28-15-7-5-4-6-14(15)27-16(29)26-13-9-11(18(20,21)22)8-12(10-13)19(23,24)25/h8-10,14-15,28H,4-7H2,1-3H3,(H2,26,27,29)/t14-,15-,31+/m1/s1. The summed E-state index contributed by atoms with van der Waals surface area (Å²) in [6.07, 6.45) is -7.26. The first-order valence-corrected chi connectivity index (χ1v) is 10.8. The molecule has 176 valence electrons.